The fourth-order valence-electron chi connectivity index (χ4n) is 2.99. The molecule has 0 aliphatic carbocycles. The van der Waals surface area contributed by atoms with Crippen molar-refractivity contribution in [2.24, 2.45) is 0 Å². The third kappa shape index (κ3) is 3.88. The molecule has 6 nitrogen and oxygen atoms in total. The average molecular weight is 337 g/mol. The van der Waals surface area contributed by atoms with Crippen molar-refractivity contribution in [2.75, 3.05) is 26.7 Å². The highest BCUT2D eigenvalue weighted by Crippen LogP contribution is 2.41. The fourth-order valence-corrected chi connectivity index (χ4v) is 2.99. The van der Waals surface area contributed by atoms with E-state index < -0.39 is 23.9 Å². The summed E-state index contributed by atoms with van der Waals surface area (Å²) >= 11 is 0. The normalized spacial score (nSPS) is 25.5. The van der Waals surface area contributed by atoms with Crippen molar-refractivity contribution < 1.29 is 27.5 Å². The number of amides is 3. The number of alkyl halides is 3. The Morgan fingerprint density at radius 3 is 2.57 bits per heavy atom. The number of ether oxygens (including phenoxy) is 1. The van der Waals surface area contributed by atoms with Crippen LogP contribution in [0.3, 0.4) is 0 Å². The highest BCUT2D eigenvalue weighted by molar-refractivity contribution is 5.87. The molecule has 0 saturated carbocycles. The molecule has 0 aromatic heterocycles. The van der Waals surface area contributed by atoms with Gasteiger partial charge in [0.25, 0.3) is 0 Å². The molecule has 2 saturated heterocycles. The molecule has 2 aliphatic heterocycles. The molecule has 0 radical (unpaired) electrons. The van der Waals surface area contributed by atoms with Gasteiger partial charge in [-0.15, -0.1) is 0 Å². The van der Waals surface area contributed by atoms with Gasteiger partial charge >= 0.3 is 12.2 Å². The molecule has 132 valence electrons. The topological polar surface area (TPSA) is 70.7 Å². The molecular weight excluding hydrogens is 315 g/mol. The van der Waals surface area contributed by atoms with Gasteiger partial charge in [-0.1, -0.05) is 0 Å². The average Bonchev–Trinajstić information content (AvgIpc) is 2.71. The van der Waals surface area contributed by atoms with Crippen molar-refractivity contribution >= 4 is 11.9 Å². The van der Waals surface area contributed by atoms with E-state index in [-0.39, 0.29) is 31.8 Å². The number of nitrogens with zero attached hydrogens (tertiary/aromatic N) is 1. The molecule has 3 amide bonds. The highest BCUT2D eigenvalue weighted by atomic mass is 19.4. The fraction of sp³-hybridized carbons (Fsp3) is 0.857. The Kier molecular flexibility index (Phi) is 5.38. The van der Waals surface area contributed by atoms with Gasteiger partial charge in [-0.2, -0.15) is 13.2 Å². The molecule has 9 heteroatoms. The third-order valence-electron chi connectivity index (χ3n) is 4.60. The number of hydrogen-bond acceptors (Lipinski definition) is 3. The summed E-state index contributed by atoms with van der Waals surface area (Å²) in [5.41, 5.74) is -2.19. The third-order valence-corrected chi connectivity index (χ3v) is 4.60. The van der Waals surface area contributed by atoms with Gasteiger partial charge in [0, 0.05) is 39.6 Å². The maximum Gasteiger partial charge on any atom is 0.417 e. The Morgan fingerprint density at radius 2 is 2.00 bits per heavy atom. The molecular formula is C14H22F3N3O3. The minimum Gasteiger partial charge on any atom is -0.369 e. The maximum atomic E-state index is 13.1. The highest BCUT2D eigenvalue weighted by Gasteiger charge is 2.56. The van der Waals surface area contributed by atoms with Crippen molar-refractivity contribution in [2.45, 2.75) is 49.9 Å². The summed E-state index contributed by atoms with van der Waals surface area (Å²) < 4.78 is 44.0. The molecule has 0 aromatic rings. The molecule has 0 aromatic carbocycles. The van der Waals surface area contributed by atoms with E-state index in [0.29, 0.717) is 13.0 Å². The Bertz CT molecular complexity index is 448. The summed E-state index contributed by atoms with van der Waals surface area (Å²) in [6.45, 7) is 0.456. The molecule has 1 unspecified atom stereocenters. The molecule has 0 bridgehead atoms. The monoisotopic (exact) mass is 337 g/mol. The number of likely N-dealkylation sites (tertiary alicyclic amines) is 1. The van der Waals surface area contributed by atoms with Gasteiger partial charge in [0.1, 0.15) is 6.04 Å². The molecule has 1 atom stereocenters. The predicted octanol–water partition coefficient (Wildman–Crippen LogP) is 1.41. The zero-order valence-electron chi connectivity index (χ0n) is 13.0. The predicted molar refractivity (Wildman–Crippen MR) is 75.8 cm³/mol. The first-order chi connectivity index (χ1) is 10.8. The quantitative estimate of drug-likeness (QED) is 0.800. The van der Waals surface area contributed by atoms with Gasteiger partial charge in [-0.25, -0.2) is 4.79 Å². The van der Waals surface area contributed by atoms with E-state index in [1.807, 2.05) is 0 Å². The van der Waals surface area contributed by atoms with Crippen LogP contribution in [0.4, 0.5) is 18.0 Å². The van der Waals surface area contributed by atoms with Crippen LogP contribution in [0.25, 0.3) is 0 Å². The lowest BCUT2D eigenvalue weighted by Crippen LogP contribution is -2.58. The summed E-state index contributed by atoms with van der Waals surface area (Å²) in [6, 6.07) is -1.12. The Hall–Kier alpha value is -1.51. The lowest BCUT2D eigenvalue weighted by molar-refractivity contribution is -0.281. The van der Waals surface area contributed by atoms with Crippen LogP contribution in [0.5, 0.6) is 0 Å². The largest absolute Gasteiger partial charge is 0.417 e. The Balaban J connectivity index is 1.91. The van der Waals surface area contributed by atoms with Crippen LogP contribution in [-0.4, -0.2) is 61.4 Å². The van der Waals surface area contributed by atoms with E-state index in [9.17, 15) is 22.8 Å². The number of rotatable bonds is 2. The molecule has 2 fully saturated rings. The Morgan fingerprint density at radius 1 is 1.35 bits per heavy atom. The summed E-state index contributed by atoms with van der Waals surface area (Å²) in [5.74, 6) is -0.241. The number of hydrogen-bond donors (Lipinski definition) is 2. The van der Waals surface area contributed by atoms with Crippen LogP contribution in [0.15, 0.2) is 0 Å². The van der Waals surface area contributed by atoms with Crippen LogP contribution in [0.1, 0.15) is 32.1 Å². The molecule has 23 heavy (non-hydrogen) atoms. The van der Waals surface area contributed by atoms with Gasteiger partial charge < -0.3 is 20.3 Å². The van der Waals surface area contributed by atoms with Gasteiger partial charge in [-0.05, 0) is 19.3 Å². The number of methoxy groups -OCH3 is 1. The summed E-state index contributed by atoms with van der Waals surface area (Å²) in [4.78, 5) is 25.3. The summed E-state index contributed by atoms with van der Waals surface area (Å²) in [5, 5.41) is 5.32. The number of nitrogens with one attached hydrogen (secondary N) is 2. The first-order valence-corrected chi connectivity index (χ1v) is 7.74. The van der Waals surface area contributed by atoms with Crippen molar-refractivity contribution in [1.29, 1.82) is 0 Å². The number of piperidine rings is 1. The van der Waals surface area contributed by atoms with Crippen LogP contribution in [0, 0.1) is 0 Å². The van der Waals surface area contributed by atoms with Crippen molar-refractivity contribution in [3.05, 3.63) is 0 Å². The van der Waals surface area contributed by atoms with Crippen LogP contribution in [-0.2, 0) is 9.53 Å². The van der Waals surface area contributed by atoms with Crippen molar-refractivity contribution in [3.8, 4) is 0 Å². The van der Waals surface area contributed by atoms with Crippen molar-refractivity contribution in [3.63, 3.8) is 0 Å². The molecule has 2 N–H and O–H groups in total. The zero-order chi connectivity index (χ0) is 17.1. The standard InChI is InChI=1S/C14H22F3N3O3/c1-23-13(14(15,16)17)5-8-20(9-6-13)12(22)19-10-4-2-3-7-18-11(10)21/h10H,2-9H2,1H3,(H,18,21)(H,19,22). The maximum absolute atomic E-state index is 13.1. The first kappa shape index (κ1) is 17.8. The van der Waals surface area contributed by atoms with E-state index in [2.05, 4.69) is 10.6 Å². The summed E-state index contributed by atoms with van der Waals surface area (Å²) in [7, 11) is 1.04. The molecule has 2 heterocycles. The van der Waals surface area contributed by atoms with Gasteiger partial charge in [0.2, 0.25) is 5.91 Å². The second-order valence-electron chi connectivity index (χ2n) is 5.97. The minimum absolute atomic E-state index is 0.0620. The number of carbonyl (C=O) groups is 2. The van der Waals surface area contributed by atoms with Gasteiger partial charge in [-0.3, -0.25) is 4.79 Å². The lowest BCUT2D eigenvalue weighted by Gasteiger charge is -2.41. The van der Waals surface area contributed by atoms with Gasteiger partial charge in [0.05, 0.1) is 0 Å². The van der Waals surface area contributed by atoms with Crippen molar-refractivity contribution in [1.82, 2.24) is 15.5 Å². The van der Waals surface area contributed by atoms with E-state index >= 15 is 0 Å². The SMILES string of the molecule is COC1(C(F)(F)F)CCN(C(=O)NC2CCCCNC2=O)CC1. The van der Waals surface area contributed by atoms with Crippen LogP contribution < -0.4 is 10.6 Å². The number of urea groups is 1. The minimum atomic E-state index is -4.47. The number of halogens is 3. The van der Waals surface area contributed by atoms with E-state index in [4.69, 9.17) is 4.74 Å². The van der Waals surface area contributed by atoms with E-state index in [1.54, 1.807) is 0 Å². The smallest absolute Gasteiger partial charge is 0.369 e. The Labute approximate surface area is 132 Å². The second kappa shape index (κ2) is 6.94. The second-order valence-corrected chi connectivity index (χ2v) is 5.97. The summed E-state index contributed by atoms with van der Waals surface area (Å²) in [6.07, 6.45) is -2.88. The molecule has 0 spiro atoms. The van der Waals surface area contributed by atoms with Crippen LogP contribution in [0.2, 0.25) is 0 Å². The van der Waals surface area contributed by atoms with Gasteiger partial charge in [0.15, 0.2) is 5.60 Å². The zero-order valence-corrected chi connectivity index (χ0v) is 13.0. The van der Waals surface area contributed by atoms with E-state index in [1.165, 1.54) is 4.90 Å². The first-order valence-electron chi connectivity index (χ1n) is 7.74. The lowest BCUT2D eigenvalue weighted by atomic mass is 9.90. The molecule has 2 aliphatic rings. The van der Waals surface area contributed by atoms with E-state index in [0.717, 1.165) is 20.0 Å². The van der Waals surface area contributed by atoms with Crippen LogP contribution >= 0.6 is 0 Å². The molecule has 2 rings (SSSR count). The number of carbonyl (C=O) groups excluding carboxylic acids is 2.